The average Bonchev–Trinajstić information content (AvgIpc) is 2.50. The number of nitrogens with zero attached hydrogens (tertiary/aromatic N) is 1. The van der Waals surface area contributed by atoms with Gasteiger partial charge in [0, 0.05) is 38.4 Å². The Kier molecular flexibility index (Phi) is 7.69. The number of halogens is 1. The molecule has 0 aromatic heterocycles. The van der Waals surface area contributed by atoms with E-state index in [0.29, 0.717) is 0 Å². The molecule has 0 saturated carbocycles. The normalized spacial score (nSPS) is 16.8. The van der Waals surface area contributed by atoms with Crippen molar-refractivity contribution in [2.45, 2.75) is 32.8 Å². The summed E-state index contributed by atoms with van der Waals surface area (Å²) in [5.74, 6) is 1.22. The van der Waals surface area contributed by atoms with E-state index in [2.05, 4.69) is 24.4 Å². The third-order valence-corrected chi connectivity index (χ3v) is 4.01. The van der Waals surface area contributed by atoms with E-state index >= 15 is 0 Å². The summed E-state index contributed by atoms with van der Waals surface area (Å²) in [6, 6.07) is 8.16. The van der Waals surface area contributed by atoms with Crippen molar-refractivity contribution in [1.29, 1.82) is 0 Å². The minimum Gasteiger partial charge on any atom is -0.490 e. The molecule has 0 bridgehead atoms. The Morgan fingerprint density at radius 3 is 2.45 bits per heavy atom. The Morgan fingerprint density at radius 2 is 1.91 bits per heavy atom. The van der Waals surface area contributed by atoms with E-state index in [1.807, 2.05) is 31.0 Å². The summed E-state index contributed by atoms with van der Waals surface area (Å²) >= 11 is 0. The van der Waals surface area contributed by atoms with Crippen molar-refractivity contribution in [3.8, 4) is 5.75 Å². The quantitative estimate of drug-likeness (QED) is 0.904. The Hall–Kier alpha value is -1.26. The van der Waals surface area contributed by atoms with Crippen LogP contribution in [0.2, 0.25) is 0 Å². The second kappa shape index (κ2) is 9.01. The fourth-order valence-electron chi connectivity index (χ4n) is 2.71. The summed E-state index contributed by atoms with van der Waals surface area (Å²) in [7, 11) is 1.88. The molecule has 1 aliphatic rings. The number of aryl methyl sites for hydroxylation is 1. The fraction of sp³-hybridized carbons (Fsp3) is 0.588. The van der Waals surface area contributed by atoms with Gasteiger partial charge in [-0.25, -0.2) is 0 Å². The number of carbonyl (C=O) groups excluding carboxylic acids is 1. The number of ether oxygens (including phenoxy) is 1. The number of rotatable bonds is 5. The lowest BCUT2D eigenvalue weighted by atomic mass is 10.0. The highest BCUT2D eigenvalue weighted by Gasteiger charge is 2.26. The number of hydrogen-bond acceptors (Lipinski definition) is 3. The number of carbonyl (C=O) groups is 1. The Labute approximate surface area is 139 Å². The summed E-state index contributed by atoms with van der Waals surface area (Å²) in [6.45, 7) is 6.37. The number of piperidine rings is 1. The summed E-state index contributed by atoms with van der Waals surface area (Å²) in [4.78, 5) is 14.2. The van der Waals surface area contributed by atoms with Crippen LogP contribution in [0.4, 0.5) is 0 Å². The molecule has 22 heavy (non-hydrogen) atoms. The van der Waals surface area contributed by atoms with Crippen LogP contribution < -0.4 is 10.1 Å². The van der Waals surface area contributed by atoms with Crippen molar-refractivity contribution in [2.24, 2.45) is 5.92 Å². The molecular weight excluding hydrogens is 300 g/mol. The largest absolute Gasteiger partial charge is 0.490 e. The first-order chi connectivity index (χ1) is 10.1. The van der Waals surface area contributed by atoms with Crippen LogP contribution >= 0.6 is 12.4 Å². The van der Waals surface area contributed by atoms with Crippen LogP contribution in [-0.2, 0) is 4.79 Å². The molecule has 1 aromatic carbocycles. The van der Waals surface area contributed by atoms with Crippen LogP contribution in [0, 0.1) is 12.8 Å². The number of amides is 1. The van der Waals surface area contributed by atoms with Crippen molar-refractivity contribution in [3.63, 3.8) is 0 Å². The van der Waals surface area contributed by atoms with Gasteiger partial charge in [-0.05, 0) is 26.1 Å². The van der Waals surface area contributed by atoms with E-state index in [4.69, 9.17) is 4.74 Å². The van der Waals surface area contributed by atoms with E-state index < -0.39 is 0 Å². The van der Waals surface area contributed by atoms with Crippen molar-refractivity contribution in [3.05, 3.63) is 29.8 Å². The van der Waals surface area contributed by atoms with Gasteiger partial charge in [0.2, 0.25) is 5.91 Å². The Balaban J connectivity index is 0.00000242. The zero-order valence-corrected chi connectivity index (χ0v) is 14.5. The molecular formula is C17H27ClN2O2. The molecule has 2 rings (SSSR count). The van der Waals surface area contributed by atoms with Gasteiger partial charge in [0.15, 0.2) is 0 Å². The molecule has 1 atom stereocenters. The van der Waals surface area contributed by atoms with Gasteiger partial charge in [-0.3, -0.25) is 4.79 Å². The lowest BCUT2D eigenvalue weighted by Gasteiger charge is -2.33. The standard InChI is InChI=1S/C17H26N2O2.ClH/c1-13-4-6-15(7-5-13)21-16-8-10-19(11-9-16)17(20)14(2)12-18-3;/h4-7,14,16,18H,8-12H2,1-3H3;1H. The maximum atomic E-state index is 12.2. The number of hydrogen-bond donors (Lipinski definition) is 1. The lowest BCUT2D eigenvalue weighted by molar-refractivity contribution is -0.136. The summed E-state index contributed by atoms with van der Waals surface area (Å²) < 4.78 is 6.00. The summed E-state index contributed by atoms with van der Waals surface area (Å²) in [5, 5.41) is 3.06. The first-order valence-electron chi connectivity index (χ1n) is 7.77. The smallest absolute Gasteiger partial charge is 0.226 e. The first kappa shape index (κ1) is 18.8. The average molecular weight is 327 g/mol. The van der Waals surface area contributed by atoms with E-state index in [1.165, 1.54) is 5.56 Å². The van der Waals surface area contributed by atoms with E-state index in [9.17, 15) is 4.79 Å². The maximum absolute atomic E-state index is 12.2. The van der Waals surface area contributed by atoms with Gasteiger partial charge in [0.1, 0.15) is 11.9 Å². The highest BCUT2D eigenvalue weighted by Crippen LogP contribution is 2.20. The molecule has 0 aliphatic carbocycles. The molecule has 0 spiro atoms. The van der Waals surface area contributed by atoms with E-state index in [1.54, 1.807) is 0 Å². The molecule has 4 nitrogen and oxygen atoms in total. The van der Waals surface area contributed by atoms with Crippen LogP contribution in [-0.4, -0.2) is 43.6 Å². The molecule has 1 N–H and O–H groups in total. The predicted octanol–water partition coefficient (Wildman–Crippen LogP) is 2.64. The van der Waals surface area contributed by atoms with Gasteiger partial charge in [-0.2, -0.15) is 0 Å². The van der Waals surface area contributed by atoms with Gasteiger partial charge in [0.05, 0.1) is 0 Å². The Morgan fingerprint density at radius 1 is 1.32 bits per heavy atom. The van der Waals surface area contributed by atoms with Crippen LogP contribution in [0.3, 0.4) is 0 Å². The SMILES string of the molecule is CNCC(C)C(=O)N1CCC(Oc2ccc(C)cc2)CC1.Cl. The monoisotopic (exact) mass is 326 g/mol. The van der Waals surface area contributed by atoms with Gasteiger partial charge >= 0.3 is 0 Å². The molecule has 1 aliphatic heterocycles. The number of nitrogens with one attached hydrogen (secondary N) is 1. The second-order valence-corrected chi connectivity index (χ2v) is 5.91. The van der Waals surface area contributed by atoms with Gasteiger partial charge in [-0.15, -0.1) is 12.4 Å². The van der Waals surface area contributed by atoms with Gasteiger partial charge < -0.3 is 15.0 Å². The minimum absolute atomic E-state index is 0. The topological polar surface area (TPSA) is 41.6 Å². The van der Waals surface area contributed by atoms with E-state index in [-0.39, 0.29) is 30.3 Å². The second-order valence-electron chi connectivity index (χ2n) is 5.91. The predicted molar refractivity (Wildman–Crippen MR) is 91.7 cm³/mol. The zero-order valence-electron chi connectivity index (χ0n) is 13.7. The van der Waals surface area contributed by atoms with Crippen LogP contribution in [0.15, 0.2) is 24.3 Å². The lowest BCUT2D eigenvalue weighted by Crippen LogP contribution is -2.45. The minimum atomic E-state index is 0. The molecule has 1 unspecified atom stereocenters. The van der Waals surface area contributed by atoms with Crippen LogP contribution in [0.1, 0.15) is 25.3 Å². The number of likely N-dealkylation sites (tertiary alicyclic amines) is 1. The molecule has 0 radical (unpaired) electrons. The van der Waals surface area contributed by atoms with Crippen molar-refractivity contribution in [1.82, 2.24) is 10.2 Å². The van der Waals surface area contributed by atoms with Crippen LogP contribution in [0.5, 0.6) is 5.75 Å². The van der Waals surface area contributed by atoms with Crippen molar-refractivity contribution >= 4 is 18.3 Å². The molecule has 1 amide bonds. The summed E-state index contributed by atoms with van der Waals surface area (Å²) in [6.07, 6.45) is 2.04. The third-order valence-electron chi connectivity index (χ3n) is 4.01. The molecule has 1 fully saturated rings. The van der Waals surface area contributed by atoms with Crippen molar-refractivity contribution < 1.29 is 9.53 Å². The molecule has 5 heteroatoms. The summed E-state index contributed by atoms with van der Waals surface area (Å²) in [5.41, 5.74) is 1.24. The maximum Gasteiger partial charge on any atom is 0.226 e. The van der Waals surface area contributed by atoms with Crippen molar-refractivity contribution in [2.75, 3.05) is 26.7 Å². The molecule has 1 saturated heterocycles. The van der Waals surface area contributed by atoms with Gasteiger partial charge in [-0.1, -0.05) is 24.6 Å². The Bertz CT molecular complexity index is 456. The third kappa shape index (κ3) is 5.18. The molecule has 124 valence electrons. The highest BCUT2D eigenvalue weighted by atomic mass is 35.5. The number of benzene rings is 1. The van der Waals surface area contributed by atoms with Gasteiger partial charge in [0.25, 0.3) is 0 Å². The first-order valence-corrected chi connectivity index (χ1v) is 7.77. The highest BCUT2D eigenvalue weighted by molar-refractivity contribution is 5.85. The fourth-order valence-corrected chi connectivity index (χ4v) is 2.71. The van der Waals surface area contributed by atoms with E-state index in [0.717, 1.165) is 38.2 Å². The van der Waals surface area contributed by atoms with Crippen LogP contribution in [0.25, 0.3) is 0 Å². The zero-order chi connectivity index (χ0) is 15.2. The molecule has 1 aromatic rings. The molecule has 1 heterocycles.